The third-order valence-electron chi connectivity index (χ3n) is 3.90. The van der Waals surface area contributed by atoms with Crippen LogP contribution in [-0.4, -0.2) is 42.1 Å². The van der Waals surface area contributed by atoms with Gasteiger partial charge in [-0.1, -0.05) is 11.6 Å². The summed E-state index contributed by atoms with van der Waals surface area (Å²) in [5.41, 5.74) is 0.960. The highest BCUT2D eigenvalue weighted by atomic mass is 35.5. The number of aryl methyl sites for hydroxylation is 1. The second kappa shape index (κ2) is 7.99. The number of aliphatic hydroxyl groups is 2. The van der Waals surface area contributed by atoms with Gasteiger partial charge >= 0.3 is 0 Å². The SMILES string of the molecule is Cc1cc(OCC(O)CNCC2CCC(O)C2)ccc1Cl. The zero-order chi connectivity index (χ0) is 15.2. The van der Waals surface area contributed by atoms with Gasteiger partial charge in [0.15, 0.2) is 0 Å². The van der Waals surface area contributed by atoms with Crippen molar-refractivity contribution in [2.45, 2.75) is 38.4 Å². The Labute approximate surface area is 131 Å². The third kappa shape index (κ3) is 5.47. The van der Waals surface area contributed by atoms with Crippen LogP contribution >= 0.6 is 11.6 Å². The van der Waals surface area contributed by atoms with Crippen LogP contribution in [0.3, 0.4) is 0 Å². The van der Waals surface area contributed by atoms with Crippen molar-refractivity contribution >= 4 is 11.6 Å². The maximum Gasteiger partial charge on any atom is 0.119 e. The number of aliphatic hydroxyl groups excluding tert-OH is 2. The zero-order valence-corrected chi connectivity index (χ0v) is 13.1. The fourth-order valence-corrected chi connectivity index (χ4v) is 2.76. The smallest absolute Gasteiger partial charge is 0.119 e. The third-order valence-corrected chi connectivity index (χ3v) is 4.32. The summed E-state index contributed by atoms with van der Waals surface area (Å²) in [6.07, 6.45) is 2.13. The van der Waals surface area contributed by atoms with Crippen LogP contribution in [0.5, 0.6) is 5.75 Å². The Morgan fingerprint density at radius 3 is 2.90 bits per heavy atom. The van der Waals surface area contributed by atoms with Crippen LogP contribution in [0, 0.1) is 12.8 Å². The van der Waals surface area contributed by atoms with Crippen molar-refractivity contribution in [2.75, 3.05) is 19.7 Å². The molecule has 1 saturated carbocycles. The van der Waals surface area contributed by atoms with Crippen molar-refractivity contribution in [1.29, 1.82) is 0 Å². The Bertz CT molecular complexity index is 455. The molecule has 3 unspecified atom stereocenters. The van der Waals surface area contributed by atoms with Crippen molar-refractivity contribution in [3.8, 4) is 5.75 Å². The van der Waals surface area contributed by atoms with E-state index in [1.54, 1.807) is 12.1 Å². The van der Waals surface area contributed by atoms with E-state index in [-0.39, 0.29) is 12.7 Å². The van der Waals surface area contributed by atoms with E-state index in [0.717, 1.165) is 37.1 Å². The largest absolute Gasteiger partial charge is 0.491 e. The van der Waals surface area contributed by atoms with Crippen LogP contribution in [0.15, 0.2) is 18.2 Å². The second-order valence-corrected chi connectivity index (χ2v) is 6.27. The molecule has 0 radical (unpaired) electrons. The van der Waals surface area contributed by atoms with Gasteiger partial charge in [0.2, 0.25) is 0 Å². The van der Waals surface area contributed by atoms with Gasteiger partial charge in [-0.2, -0.15) is 0 Å². The molecular weight excluding hydrogens is 290 g/mol. The first-order valence-corrected chi connectivity index (χ1v) is 7.88. The minimum absolute atomic E-state index is 0.141. The normalized spacial score (nSPS) is 23.2. The number of ether oxygens (including phenoxy) is 1. The van der Waals surface area contributed by atoms with Crippen LogP contribution in [0.2, 0.25) is 5.02 Å². The van der Waals surface area contributed by atoms with Crippen molar-refractivity contribution in [3.63, 3.8) is 0 Å². The highest BCUT2D eigenvalue weighted by Crippen LogP contribution is 2.24. The van der Waals surface area contributed by atoms with Gasteiger partial charge in [0.1, 0.15) is 18.5 Å². The monoisotopic (exact) mass is 313 g/mol. The van der Waals surface area contributed by atoms with Gasteiger partial charge in [0, 0.05) is 11.6 Å². The lowest BCUT2D eigenvalue weighted by Gasteiger charge is -2.15. The number of rotatable bonds is 7. The van der Waals surface area contributed by atoms with Crippen molar-refractivity contribution in [3.05, 3.63) is 28.8 Å². The number of hydrogen-bond donors (Lipinski definition) is 3. The molecule has 0 saturated heterocycles. The van der Waals surface area contributed by atoms with E-state index in [4.69, 9.17) is 16.3 Å². The standard InChI is InChI=1S/C16H24ClNO3/c1-11-6-15(4-5-16(11)17)21-10-14(20)9-18-8-12-2-3-13(19)7-12/h4-6,12-14,18-20H,2-3,7-10H2,1H3. The molecule has 21 heavy (non-hydrogen) atoms. The molecule has 0 spiro atoms. The Balaban J connectivity index is 1.63. The Hall–Kier alpha value is -0.810. The van der Waals surface area contributed by atoms with Crippen LogP contribution in [0.4, 0.5) is 0 Å². The molecule has 1 fully saturated rings. The van der Waals surface area contributed by atoms with Crippen molar-refractivity contribution < 1.29 is 14.9 Å². The summed E-state index contributed by atoms with van der Waals surface area (Å²) in [7, 11) is 0. The van der Waals surface area contributed by atoms with E-state index in [9.17, 15) is 10.2 Å². The Morgan fingerprint density at radius 1 is 1.43 bits per heavy atom. The minimum atomic E-state index is -0.549. The highest BCUT2D eigenvalue weighted by molar-refractivity contribution is 6.31. The quantitative estimate of drug-likeness (QED) is 0.722. The van der Waals surface area contributed by atoms with E-state index >= 15 is 0 Å². The van der Waals surface area contributed by atoms with Gasteiger partial charge in [-0.05, 0) is 62.4 Å². The number of hydrogen-bond acceptors (Lipinski definition) is 4. The summed E-state index contributed by atoms with van der Waals surface area (Å²) in [6, 6.07) is 5.46. The molecular formula is C16H24ClNO3. The molecule has 1 aliphatic rings. The van der Waals surface area contributed by atoms with E-state index < -0.39 is 6.10 Å². The predicted octanol–water partition coefficient (Wildman–Crippen LogP) is 2.14. The summed E-state index contributed by atoms with van der Waals surface area (Å²) in [4.78, 5) is 0. The van der Waals surface area contributed by atoms with E-state index in [1.807, 2.05) is 13.0 Å². The fourth-order valence-electron chi connectivity index (χ4n) is 2.65. The Morgan fingerprint density at radius 2 is 2.24 bits per heavy atom. The molecule has 3 atom stereocenters. The van der Waals surface area contributed by atoms with Crippen molar-refractivity contribution in [2.24, 2.45) is 5.92 Å². The fraction of sp³-hybridized carbons (Fsp3) is 0.625. The molecule has 0 aliphatic heterocycles. The molecule has 4 nitrogen and oxygen atoms in total. The van der Waals surface area contributed by atoms with E-state index in [2.05, 4.69) is 5.32 Å². The predicted molar refractivity (Wildman–Crippen MR) is 83.9 cm³/mol. The zero-order valence-electron chi connectivity index (χ0n) is 12.4. The van der Waals surface area contributed by atoms with Gasteiger partial charge in [-0.25, -0.2) is 0 Å². The number of benzene rings is 1. The summed E-state index contributed by atoms with van der Waals surface area (Å²) < 4.78 is 5.55. The Kier molecular flexibility index (Phi) is 6.30. The lowest BCUT2D eigenvalue weighted by molar-refractivity contribution is 0.105. The van der Waals surface area contributed by atoms with E-state index in [1.165, 1.54) is 0 Å². The first kappa shape index (κ1) is 16.6. The topological polar surface area (TPSA) is 61.7 Å². The first-order valence-electron chi connectivity index (χ1n) is 7.50. The van der Waals surface area contributed by atoms with E-state index in [0.29, 0.717) is 17.5 Å². The van der Waals surface area contributed by atoms with Gasteiger partial charge in [-0.15, -0.1) is 0 Å². The summed E-state index contributed by atoms with van der Waals surface area (Å²) in [5.74, 6) is 1.24. The van der Waals surface area contributed by atoms with Crippen molar-refractivity contribution in [1.82, 2.24) is 5.32 Å². The second-order valence-electron chi connectivity index (χ2n) is 5.87. The maximum absolute atomic E-state index is 9.90. The number of halogens is 1. The summed E-state index contributed by atoms with van der Waals surface area (Å²) >= 11 is 5.95. The van der Waals surface area contributed by atoms with Crippen LogP contribution in [-0.2, 0) is 0 Å². The molecule has 0 bridgehead atoms. The summed E-state index contributed by atoms with van der Waals surface area (Å²) in [5, 5.41) is 23.3. The lowest BCUT2D eigenvalue weighted by Crippen LogP contribution is -2.34. The molecule has 3 N–H and O–H groups in total. The molecule has 5 heteroatoms. The van der Waals surface area contributed by atoms with Crippen LogP contribution < -0.4 is 10.1 Å². The molecule has 2 rings (SSSR count). The van der Waals surface area contributed by atoms with Crippen LogP contribution in [0.1, 0.15) is 24.8 Å². The summed E-state index contributed by atoms with van der Waals surface area (Å²) in [6.45, 7) is 3.51. The first-order chi connectivity index (χ1) is 10.0. The molecule has 1 aromatic rings. The molecule has 1 aliphatic carbocycles. The van der Waals surface area contributed by atoms with Crippen LogP contribution in [0.25, 0.3) is 0 Å². The molecule has 0 aromatic heterocycles. The minimum Gasteiger partial charge on any atom is -0.491 e. The lowest BCUT2D eigenvalue weighted by atomic mass is 10.1. The molecule has 1 aromatic carbocycles. The van der Waals surface area contributed by atoms with Gasteiger partial charge < -0.3 is 20.3 Å². The average molecular weight is 314 g/mol. The molecule has 0 heterocycles. The molecule has 0 amide bonds. The van der Waals surface area contributed by atoms with Gasteiger partial charge in [0.25, 0.3) is 0 Å². The molecule has 118 valence electrons. The highest BCUT2D eigenvalue weighted by Gasteiger charge is 2.22. The van der Waals surface area contributed by atoms with Gasteiger partial charge in [-0.3, -0.25) is 0 Å². The van der Waals surface area contributed by atoms with Gasteiger partial charge in [0.05, 0.1) is 6.10 Å². The number of nitrogens with one attached hydrogen (secondary N) is 1. The average Bonchev–Trinajstić information content (AvgIpc) is 2.86. The maximum atomic E-state index is 9.90.